The largest absolute Gasteiger partial charge is 0.456 e. The van der Waals surface area contributed by atoms with Crippen LogP contribution in [-0.4, -0.2) is 38.7 Å². The Hall–Kier alpha value is -0.833. The molecule has 4 nitrogen and oxygen atoms in total. The third-order valence-corrected chi connectivity index (χ3v) is 8.05. The lowest BCUT2D eigenvalue weighted by atomic mass is 10.2. The minimum absolute atomic E-state index is 0.190. The van der Waals surface area contributed by atoms with Crippen LogP contribution in [0.25, 0.3) is 0 Å². The lowest BCUT2D eigenvalue weighted by Crippen LogP contribution is -2.41. The third kappa shape index (κ3) is 7.68. The van der Waals surface area contributed by atoms with Gasteiger partial charge in [0.2, 0.25) is 0 Å². The van der Waals surface area contributed by atoms with Gasteiger partial charge in [0.1, 0.15) is 6.10 Å². The predicted octanol–water partition coefficient (Wildman–Crippen LogP) is 2.72. The van der Waals surface area contributed by atoms with E-state index < -0.39 is 20.4 Å². The molecule has 0 aromatic heterocycles. The normalized spacial score (nSPS) is 13.3. The lowest BCUT2D eigenvalue weighted by molar-refractivity contribution is -0.136. The highest BCUT2D eigenvalue weighted by atomic mass is 28.4. The Morgan fingerprint density at radius 1 is 1.35 bits per heavy atom. The van der Waals surface area contributed by atoms with Gasteiger partial charge >= 0.3 is 5.97 Å². The van der Waals surface area contributed by atoms with E-state index in [2.05, 4.69) is 50.4 Å². The van der Waals surface area contributed by atoms with Gasteiger partial charge in [-0.3, -0.25) is 0 Å². The molecule has 116 valence electrons. The van der Waals surface area contributed by atoms with Crippen molar-refractivity contribution in [3.8, 4) is 11.8 Å². The zero-order valence-electron chi connectivity index (χ0n) is 13.6. The highest BCUT2D eigenvalue weighted by Crippen LogP contribution is 2.36. The minimum Gasteiger partial charge on any atom is -0.456 e. The molecule has 5 heteroatoms. The maximum absolute atomic E-state index is 11.0. The van der Waals surface area contributed by atoms with Gasteiger partial charge in [0.05, 0.1) is 6.61 Å². The van der Waals surface area contributed by atoms with Crippen LogP contribution in [0.3, 0.4) is 0 Å². The van der Waals surface area contributed by atoms with Crippen LogP contribution >= 0.6 is 0 Å². The van der Waals surface area contributed by atoms with Crippen molar-refractivity contribution in [2.45, 2.75) is 64.8 Å². The number of hydrogen-bond acceptors (Lipinski definition) is 4. The Kier molecular flexibility index (Phi) is 8.10. The van der Waals surface area contributed by atoms with E-state index in [0.29, 0.717) is 19.6 Å². The van der Waals surface area contributed by atoms with Gasteiger partial charge in [-0.25, -0.2) is 4.79 Å². The molecule has 0 spiro atoms. The monoisotopic (exact) mass is 300 g/mol. The van der Waals surface area contributed by atoms with E-state index in [-0.39, 0.29) is 5.04 Å². The Morgan fingerprint density at radius 3 is 2.45 bits per heavy atom. The summed E-state index contributed by atoms with van der Waals surface area (Å²) in [5, 5.41) is 9.82. The van der Waals surface area contributed by atoms with E-state index in [1.807, 2.05) is 0 Å². The van der Waals surface area contributed by atoms with Crippen LogP contribution in [0.15, 0.2) is 0 Å². The van der Waals surface area contributed by atoms with Gasteiger partial charge in [0.15, 0.2) is 8.32 Å². The van der Waals surface area contributed by atoms with E-state index in [1.54, 1.807) is 6.92 Å². The molecule has 1 atom stereocenters. The zero-order valence-corrected chi connectivity index (χ0v) is 14.6. The van der Waals surface area contributed by atoms with Crippen LogP contribution < -0.4 is 0 Å². The van der Waals surface area contributed by atoms with Gasteiger partial charge in [0.25, 0.3) is 0 Å². The summed E-state index contributed by atoms with van der Waals surface area (Å²) in [6, 6.07) is 0. The molecule has 20 heavy (non-hydrogen) atoms. The Balaban J connectivity index is 3.99. The minimum atomic E-state index is -1.72. The maximum atomic E-state index is 11.0. The maximum Gasteiger partial charge on any atom is 0.384 e. The van der Waals surface area contributed by atoms with Crippen molar-refractivity contribution in [2.24, 2.45) is 0 Å². The molecule has 0 radical (unpaired) electrons. The second-order valence-corrected chi connectivity index (χ2v) is 11.1. The molecule has 0 heterocycles. The number of carbonyl (C=O) groups is 1. The average Bonchev–Trinajstić information content (AvgIpc) is 2.31. The predicted molar refractivity (Wildman–Crippen MR) is 82.8 cm³/mol. The van der Waals surface area contributed by atoms with Crippen LogP contribution in [0, 0.1) is 11.8 Å². The number of aliphatic hydroxyl groups excluding tert-OH is 1. The van der Waals surface area contributed by atoms with Crippen molar-refractivity contribution in [3.05, 3.63) is 0 Å². The van der Waals surface area contributed by atoms with Crippen LogP contribution in [0.1, 0.15) is 40.5 Å². The number of ether oxygens (including phenoxy) is 1. The summed E-state index contributed by atoms with van der Waals surface area (Å²) < 4.78 is 10.7. The number of rotatable bonds is 6. The molecular formula is C15H28O4Si. The summed E-state index contributed by atoms with van der Waals surface area (Å²) in [4.78, 5) is 11.0. The molecule has 0 fully saturated rings. The van der Waals surface area contributed by atoms with Crippen molar-refractivity contribution in [2.75, 3.05) is 13.2 Å². The summed E-state index contributed by atoms with van der Waals surface area (Å²) in [7, 11) is -1.72. The van der Waals surface area contributed by atoms with Crippen molar-refractivity contribution in [3.63, 3.8) is 0 Å². The summed E-state index contributed by atoms with van der Waals surface area (Å²) >= 11 is 0. The van der Waals surface area contributed by atoms with Crippen LogP contribution in [0.5, 0.6) is 0 Å². The zero-order chi connectivity index (χ0) is 15.8. The Labute approximate surface area is 124 Å². The molecule has 0 bridgehead atoms. The third-order valence-electron chi connectivity index (χ3n) is 3.51. The first kappa shape index (κ1) is 19.2. The van der Waals surface area contributed by atoms with Crippen molar-refractivity contribution < 1.29 is 19.1 Å². The standard InChI is InChI=1S/C15H28O4Si/c1-7-18-14(17)11-10-13(16)9-8-12-19-20(5,6)15(2,3)4/h13,16H,7-9,12H2,1-6H3. The number of carbonyl (C=O) groups excluding carboxylic acids is 1. The SMILES string of the molecule is CCOC(=O)C#CC(O)CCCO[Si](C)(C)C(C)(C)C. The van der Waals surface area contributed by atoms with Gasteiger partial charge in [0, 0.05) is 12.5 Å². The first-order valence-corrected chi connectivity index (χ1v) is 10.0. The van der Waals surface area contributed by atoms with E-state index in [4.69, 9.17) is 4.43 Å². The molecule has 0 aromatic carbocycles. The molecule has 0 amide bonds. The fourth-order valence-corrected chi connectivity index (χ4v) is 2.29. The van der Waals surface area contributed by atoms with E-state index in [9.17, 15) is 9.90 Å². The molecule has 0 rings (SSSR count). The van der Waals surface area contributed by atoms with Gasteiger partial charge in [-0.2, -0.15) is 0 Å². The van der Waals surface area contributed by atoms with Gasteiger partial charge < -0.3 is 14.3 Å². The van der Waals surface area contributed by atoms with E-state index in [0.717, 1.165) is 6.42 Å². The molecule has 0 aromatic rings. The fraction of sp³-hybridized carbons (Fsp3) is 0.800. The topological polar surface area (TPSA) is 55.8 Å². The molecule has 0 saturated carbocycles. The second-order valence-electron chi connectivity index (χ2n) is 6.26. The van der Waals surface area contributed by atoms with Crippen LogP contribution in [0.2, 0.25) is 18.1 Å². The summed E-state index contributed by atoms with van der Waals surface area (Å²) in [5.74, 6) is 4.16. The summed E-state index contributed by atoms with van der Waals surface area (Å²) in [5.41, 5.74) is 0. The number of aliphatic hydroxyl groups is 1. The number of hydrogen-bond donors (Lipinski definition) is 1. The van der Waals surface area contributed by atoms with Crippen molar-refractivity contribution in [1.82, 2.24) is 0 Å². The molecule has 0 aliphatic rings. The first-order valence-electron chi connectivity index (χ1n) is 7.10. The molecule has 1 unspecified atom stereocenters. The smallest absolute Gasteiger partial charge is 0.384 e. The van der Waals surface area contributed by atoms with Gasteiger partial charge in [-0.05, 0) is 37.9 Å². The van der Waals surface area contributed by atoms with Gasteiger partial charge in [-0.15, -0.1) is 0 Å². The van der Waals surface area contributed by atoms with Crippen molar-refractivity contribution >= 4 is 14.3 Å². The van der Waals surface area contributed by atoms with Crippen molar-refractivity contribution in [1.29, 1.82) is 0 Å². The summed E-state index contributed by atoms with van der Waals surface area (Å²) in [6.07, 6.45) is 0.425. The highest BCUT2D eigenvalue weighted by Gasteiger charge is 2.36. The number of esters is 1. The van der Waals surface area contributed by atoms with E-state index in [1.165, 1.54) is 0 Å². The Bertz CT molecular complexity index is 360. The van der Waals surface area contributed by atoms with Crippen LogP contribution in [-0.2, 0) is 14.0 Å². The molecule has 0 aliphatic carbocycles. The highest BCUT2D eigenvalue weighted by molar-refractivity contribution is 6.74. The van der Waals surface area contributed by atoms with E-state index >= 15 is 0 Å². The fourth-order valence-electron chi connectivity index (χ4n) is 1.20. The Morgan fingerprint density at radius 2 is 1.95 bits per heavy atom. The molecule has 1 N–H and O–H groups in total. The van der Waals surface area contributed by atoms with Crippen LogP contribution in [0.4, 0.5) is 0 Å². The quantitative estimate of drug-likeness (QED) is 0.269. The first-order chi connectivity index (χ1) is 9.10. The van der Waals surface area contributed by atoms with Gasteiger partial charge in [-0.1, -0.05) is 26.7 Å². The molecular weight excluding hydrogens is 272 g/mol. The molecule has 0 aliphatic heterocycles. The summed E-state index contributed by atoms with van der Waals surface area (Å²) in [6.45, 7) is 13.6. The molecule has 0 saturated heterocycles. The lowest BCUT2D eigenvalue weighted by Gasteiger charge is -2.36. The average molecular weight is 300 g/mol. The second kappa shape index (κ2) is 8.45.